The summed E-state index contributed by atoms with van der Waals surface area (Å²) in [6.07, 6.45) is 9.12. The largest absolute Gasteiger partial charge is 0.383 e. The fourth-order valence-corrected chi connectivity index (χ4v) is 6.96. The molecule has 14 nitrogen and oxygen atoms in total. The van der Waals surface area contributed by atoms with Gasteiger partial charge in [0.2, 0.25) is 11.8 Å². The smallest absolute Gasteiger partial charge is 0.240 e. The molecule has 2 saturated carbocycles. The van der Waals surface area contributed by atoms with E-state index in [1.54, 1.807) is 19.1 Å². The van der Waals surface area contributed by atoms with Gasteiger partial charge in [-0.2, -0.15) is 0 Å². The number of nitrogen functional groups attached to an aromatic ring is 1. The van der Waals surface area contributed by atoms with Gasteiger partial charge in [0.25, 0.3) is 0 Å². The van der Waals surface area contributed by atoms with Crippen molar-refractivity contribution in [2.75, 3.05) is 96.2 Å². The summed E-state index contributed by atoms with van der Waals surface area (Å²) in [5.74, 6) is 1.23. The molecule has 1 aromatic carbocycles. The fourth-order valence-electron chi connectivity index (χ4n) is 6.96. The lowest BCUT2D eigenvalue weighted by Gasteiger charge is -2.26. The summed E-state index contributed by atoms with van der Waals surface area (Å²) in [6, 6.07) is 7.79. The molecule has 280 valence electrons. The first-order chi connectivity index (χ1) is 24.4. The molecule has 4 rings (SSSR count). The molecule has 2 fully saturated rings. The maximum Gasteiger partial charge on any atom is 0.240 e. The van der Waals surface area contributed by atoms with Crippen LogP contribution < -0.4 is 32.5 Å². The van der Waals surface area contributed by atoms with Crippen LogP contribution in [-0.4, -0.2) is 109 Å². The highest BCUT2D eigenvalue weighted by Crippen LogP contribution is 2.38. The molecule has 4 atom stereocenters. The summed E-state index contributed by atoms with van der Waals surface area (Å²) >= 11 is 0. The van der Waals surface area contributed by atoms with Gasteiger partial charge in [0.05, 0.1) is 83.7 Å². The van der Waals surface area contributed by atoms with E-state index in [1.807, 2.05) is 24.3 Å². The molecule has 1 aromatic heterocycles. The number of benzene rings is 1. The minimum absolute atomic E-state index is 0.0219. The number of aromatic nitrogens is 1. The number of ether oxygens (including phenoxy) is 5. The van der Waals surface area contributed by atoms with Gasteiger partial charge >= 0.3 is 0 Å². The zero-order valence-corrected chi connectivity index (χ0v) is 30.0. The molecular weight excluding hydrogens is 642 g/mol. The molecule has 0 radical (unpaired) electrons. The quantitative estimate of drug-likeness (QED) is 0.0895. The van der Waals surface area contributed by atoms with Crippen LogP contribution in [0.5, 0.6) is 0 Å². The Morgan fingerprint density at radius 3 is 1.94 bits per heavy atom. The first kappa shape index (κ1) is 39.5. The van der Waals surface area contributed by atoms with Crippen molar-refractivity contribution in [2.24, 2.45) is 17.6 Å². The molecule has 2 aliphatic carbocycles. The Kier molecular flexibility index (Phi) is 17.3. The monoisotopic (exact) mass is 701 g/mol. The Labute approximate surface area is 296 Å². The average molecular weight is 702 g/mol. The Bertz CT molecular complexity index is 1320. The van der Waals surface area contributed by atoms with E-state index in [2.05, 4.69) is 21.0 Å². The summed E-state index contributed by atoms with van der Waals surface area (Å²) in [5, 5.41) is 8.82. The molecule has 0 saturated heterocycles. The predicted molar refractivity (Wildman–Crippen MR) is 195 cm³/mol. The molecule has 4 unspecified atom stereocenters. The first-order valence-corrected chi connectivity index (χ1v) is 18.2. The summed E-state index contributed by atoms with van der Waals surface area (Å²) in [4.78, 5) is 29.5. The van der Waals surface area contributed by atoms with E-state index in [4.69, 9.17) is 35.2 Å². The molecule has 2 bridgehead atoms. The summed E-state index contributed by atoms with van der Waals surface area (Å²) in [7, 11) is 3.53. The fraction of sp³-hybridized carbons (Fsp3) is 0.694. The number of fused-ring (bicyclic) bond motifs is 3. The van der Waals surface area contributed by atoms with E-state index in [-0.39, 0.29) is 36.9 Å². The lowest BCUT2D eigenvalue weighted by Crippen LogP contribution is -2.49. The first-order valence-electron chi connectivity index (χ1n) is 18.2. The van der Waals surface area contributed by atoms with Crippen molar-refractivity contribution in [1.82, 2.24) is 15.7 Å². The van der Waals surface area contributed by atoms with Crippen LogP contribution >= 0.6 is 0 Å². The van der Waals surface area contributed by atoms with Crippen LogP contribution in [-0.2, 0) is 33.3 Å². The van der Waals surface area contributed by atoms with Gasteiger partial charge in [0.1, 0.15) is 11.5 Å². The minimum Gasteiger partial charge on any atom is -0.383 e. The number of nitrogens with two attached hydrogens (primary N) is 2. The number of nitrogens with zero attached hydrogens (tertiary/aromatic N) is 2. The number of anilines is 3. The van der Waals surface area contributed by atoms with Crippen molar-refractivity contribution < 1.29 is 33.3 Å². The highest BCUT2D eigenvalue weighted by molar-refractivity contribution is 6.02. The van der Waals surface area contributed by atoms with Crippen LogP contribution in [0.4, 0.5) is 17.2 Å². The van der Waals surface area contributed by atoms with E-state index in [0.29, 0.717) is 89.2 Å². The second-order valence-corrected chi connectivity index (χ2v) is 13.1. The van der Waals surface area contributed by atoms with Crippen molar-refractivity contribution in [3.63, 3.8) is 0 Å². The van der Waals surface area contributed by atoms with Crippen molar-refractivity contribution in [3.8, 4) is 0 Å². The number of amides is 2. The van der Waals surface area contributed by atoms with E-state index in [0.717, 1.165) is 23.0 Å². The number of rotatable bonds is 22. The highest BCUT2D eigenvalue weighted by atomic mass is 16.6. The van der Waals surface area contributed by atoms with Crippen molar-refractivity contribution in [2.45, 2.75) is 69.9 Å². The van der Waals surface area contributed by atoms with E-state index < -0.39 is 0 Å². The highest BCUT2D eigenvalue weighted by Gasteiger charge is 2.41. The van der Waals surface area contributed by atoms with E-state index in [9.17, 15) is 9.59 Å². The van der Waals surface area contributed by atoms with Gasteiger partial charge in [-0.1, -0.05) is 43.9 Å². The van der Waals surface area contributed by atoms with Gasteiger partial charge in [0, 0.05) is 38.0 Å². The van der Waals surface area contributed by atoms with Crippen molar-refractivity contribution >= 4 is 39.9 Å². The van der Waals surface area contributed by atoms with Gasteiger partial charge in [-0.25, -0.2) is 4.98 Å². The molecule has 0 aliphatic heterocycles. The zero-order valence-electron chi connectivity index (χ0n) is 30.0. The Morgan fingerprint density at radius 1 is 0.800 bits per heavy atom. The summed E-state index contributed by atoms with van der Waals surface area (Å²) in [6.45, 7) is 4.06. The lowest BCUT2D eigenvalue weighted by molar-refractivity contribution is -0.123. The number of hydrogen-bond donors (Lipinski definition) is 5. The van der Waals surface area contributed by atoms with Gasteiger partial charge in [-0.3, -0.25) is 20.0 Å². The number of nitrogens with one attached hydrogen (secondary N) is 3. The minimum atomic E-state index is -0.188. The number of para-hydroxylation sites is 1. The molecular formula is C36H59N7O7. The maximum absolute atomic E-state index is 12.5. The molecule has 14 heteroatoms. The molecule has 7 N–H and O–H groups in total. The Hall–Kier alpha value is -3.27. The van der Waals surface area contributed by atoms with Crippen LogP contribution in [0.1, 0.15) is 57.8 Å². The van der Waals surface area contributed by atoms with Crippen LogP contribution in [0, 0.1) is 11.8 Å². The third kappa shape index (κ3) is 12.5. The maximum atomic E-state index is 12.5. The number of hydrogen-bond acceptors (Lipinski definition) is 12. The van der Waals surface area contributed by atoms with Gasteiger partial charge < -0.3 is 45.8 Å². The third-order valence-corrected chi connectivity index (χ3v) is 9.51. The van der Waals surface area contributed by atoms with Crippen molar-refractivity contribution in [3.05, 3.63) is 24.3 Å². The van der Waals surface area contributed by atoms with Crippen LogP contribution in [0.2, 0.25) is 0 Å². The topological polar surface area (TPSA) is 185 Å². The Balaban J connectivity index is 0.926. The van der Waals surface area contributed by atoms with Crippen molar-refractivity contribution in [1.29, 1.82) is 0 Å². The van der Waals surface area contributed by atoms with Crippen LogP contribution in [0.25, 0.3) is 10.9 Å². The molecule has 0 spiro atoms. The molecule has 1 heterocycles. The average Bonchev–Trinajstić information content (AvgIpc) is 3.45. The zero-order chi connectivity index (χ0) is 35.6. The van der Waals surface area contributed by atoms with Gasteiger partial charge in [0.15, 0.2) is 0 Å². The summed E-state index contributed by atoms with van der Waals surface area (Å²) < 4.78 is 27.8. The number of hydrazine groups is 1. The second kappa shape index (κ2) is 21.8. The third-order valence-electron chi connectivity index (χ3n) is 9.51. The number of carbonyl (C=O) groups excluding carboxylic acids is 2. The normalized spacial score (nSPS) is 20.5. The number of pyridine rings is 1. The molecule has 2 aliphatic rings. The lowest BCUT2D eigenvalue weighted by atomic mass is 9.94. The summed E-state index contributed by atoms with van der Waals surface area (Å²) in [5.41, 5.74) is 17.7. The SMILES string of the molecule is CNc1c(N)nc2ccccc2c1N(C)NC(=O)CCOCCOCCOCCOCCOCCC(=O)NC1C2CCCCCCC(C2)C1N. The molecule has 50 heavy (non-hydrogen) atoms. The van der Waals surface area contributed by atoms with Gasteiger partial charge in [-0.15, -0.1) is 0 Å². The van der Waals surface area contributed by atoms with Gasteiger partial charge in [-0.05, 0) is 37.2 Å². The van der Waals surface area contributed by atoms with E-state index >= 15 is 0 Å². The van der Waals surface area contributed by atoms with E-state index in [1.165, 1.54) is 38.5 Å². The molecule has 2 amide bonds. The number of carbonyl (C=O) groups is 2. The standard InChI is InChI=1S/C36H59N7O7/c1-39-34-35(28-11-7-8-12-29(28)40-36(34)38)43(2)42-31(45)14-16-47-18-20-49-22-24-50-23-21-48-19-17-46-15-13-30(44)41-33-27-10-6-4-3-5-9-26(25-27)32(33)37/h7-8,11-12,26-27,32-33,39H,3-6,9-10,13-25,37H2,1-2H3,(H2,38,40)(H,41,44)(H,42,45). The predicted octanol–water partition coefficient (Wildman–Crippen LogP) is 2.99. The van der Waals surface area contributed by atoms with Crippen LogP contribution in [0.15, 0.2) is 24.3 Å². The van der Waals surface area contributed by atoms with Crippen LogP contribution in [0.3, 0.4) is 0 Å². The Morgan fingerprint density at radius 2 is 1.34 bits per heavy atom. The molecule has 2 aromatic rings. The second-order valence-electron chi connectivity index (χ2n) is 13.1.